The number of rotatable bonds is 3. The fraction of sp³-hybridized carbons (Fsp3) is 0.263. The lowest BCUT2D eigenvalue weighted by molar-refractivity contribution is 0.00552. The molecule has 128 valence electrons. The van der Waals surface area contributed by atoms with E-state index in [4.69, 9.17) is 4.74 Å². The third kappa shape index (κ3) is 2.68. The molecule has 6 heteroatoms. The van der Waals surface area contributed by atoms with E-state index in [0.29, 0.717) is 29.7 Å². The molecule has 2 aromatic rings. The number of hydrogen-bond donors (Lipinski definition) is 1. The van der Waals surface area contributed by atoms with Crippen LogP contribution in [0.2, 0.25) is 0 Å². The van der Waals surface area contributed by atoms with E-state index in [2.05, 4.69) is 0 Å². The van der Waals surface area contributed by atoms with Crippen molar-refractivity contribution in [1.82, 2.24) is 4.90 Å². The summed E-state index contributed by atoms with van der Waals surface area (Å²) in [5, 5.41) is 10.5. The molecule has 0 saturated carbocycles. The second kappa shape index (κ2) is 5.97. The number of aryl methyl sites for hydroxylation is 1. The van der Waals surface area contributed by atoms with E-state index in [9.17, 15) is 19.1 Å². The van der Waals surface area contributed by atoms with Crippen LogP contribution < -0.4 is 4.74 Å². The van der Waals surface area contributed by atoms with Gasteiger partial charge in [-0.1, -0.05) is 12.1 Å². The molecule has 0 unspecified atom stereocenters. The van der Waals surface area contributed by atoms with Crippen molar-refractivity contribution < 1.29 is 23.8 Å². The summed E-state index contributed by atoms with van der Waals surface area (Å²) in [6.07, 6.45) is -0.514. The van der Waals surface area contributed by atoms with Crippen LogP contribution in [0, 0.1) is 5.82 Å². The van der Waals surface area contributed by atoms with Crippen LogP contribution in [0.15, 0.2) is 42.5 Å². The summed E-state index contributed by atoms with van der Waals surface area (Å²) in [5.74, 6) is -0.609. The Labute approximate surface area is 143 Å². The predicted octanol–water partition coefficient (Wildman–Crippen LogP) is 2.18. The second-order valence-corrected chi connectivity index (χ2v) is 6.28. The van der Waals surface area contributed by atoms with Crippen molar-refractivity contribution in [2.45, 2.75) is 25.0 Å². The Morgan fingerprint density at radius 1 is 1.16 bits per heavy atom. The lowest BCUT2D eigenvalue weighted by Crippen LogP contribution is -2.45. The topological polar surface area (TPSA) is 66.8 Å². The Kier molecular flexibility index (Phi) is 3.77. The molecule has 2 aromatic carbocycles. The van der Waals surface area contributed by atoms with Crippen molar-refractivity contribution >= 4 is 11.8 Å². The average Bonchev–Trinajstić information content (AvgIpc) is 2.86. The Morgan fingerprint density at radius 3 is 2.52 bits per heavy atom. The molecule has 0 fully saturated rings. The molecule has 2 aliphatic heterocycles. The van der Waals surface area contributed by atoms with Crippen LogP contribution in [0.3, 0.4) is 0 Å². The number of carbonyl (C=O) groups excluding carboxylic acids is 2. The largest absolute Gasteiger partial charge is 0.487 e. The molecular formula is C19H16FNO4. The SMILES string of the molecule is O=C1c2ccccc2C(=O)N1C[C@H](O)[C@H]1CCc2cc(F)ccc2O1. The fourth-order valence-electron chi connectivity index (χ4n) is 3.36. The van der Waals surface area contributed by atoms with E-state index < -0.39 is 24.0 Å². The van der Waals surface area contributed by atoms with Crippen LogP contribution in [0.5, 0.6) is 5.75 Å². The number of aliphatic hydroxyl groups is 1. The van der Waals surface area contributed by atoms with Gasteiger partial charge in [-0.15, -0.1) is 0 Å². The predicted molar refractivity (Wildman–Crippen MR) is 87.0 cm³/mol. The zero-order valence-corrected chi connectivity index (χ0v) is 13.3. The van der Waals surface area contributed by atoms with Gasteiger partial charge in [-0.05, 0) is 48.7 Å². The number of hydrogen-bond acceptors (Lipinski definition) is 4. The summed E-state index contributed by atoms with van der Waals surface area (Å²) in [7, 11) is 0. The third-order valence-electron chi connectivity index (χ3n) is 4.68. The first-order valence-electron chi connectivity index (χ1n) is 8.13. The van der Waals surface area contributed by atoms with E-state index in [0.717, 1.165) is 10.5 Å². The Hall–Kier alpha value is -2.73. The van der Waals surface area contributed by atoms with E-state index >= 15 is 0 Å². The molecule has 0 aliphatic carbocycles. The van der Waals surface area contributed by atoms with Crippen molar-refractivity contribution in [3.05, 3.63) is 65.0 Å². The normalized spacial score (nSPS) is 20.1. The van der Waals surface area contributed by atoms with Crippen molar-refractivity contribution in [3.63, 3.8) is 0 Å². The minimum absolute atomic E-state index is 0.131. The van der Waals surface area contributed by atoms with Crippen molar-refractivity contribution in [1.29, 1.82) is 0 Å². The highest BCUT2D eigenvalue weighted by Crippen LogP contribution is 2.30. The fourth-order valence-corrected chi connectivity index (χ4v) is 3.36. The second-order valence-electron chi connectivity index (χ2n) is 6.28. The number of fused-ring (bicyclic) bond motifs is 2. The summed E-state index contributed by atoms with van der Waals surface area (Å²) in [6, 6.07) is 10.9. The maximum Gasteiger partial charge on any atom is 0.261 e. The van der Waals surface area contributed by atoms with Crippen molar-refractivity contribution in [2.75, 3.05) is 6.54 Å². The number of nitrogens with zero attached hydrogens (tertiary/aromatic N) is 1. The van der Waals surface area contributed by atoms with Gasteiger partial charge in [-0.25, -0.2) is 4.39 Å². The summed E-state index contributed by atoms with van der Waals surface area (Å²) in [5.41, 5.74) is 1.46. The summed E-state index contributed by atoms with van der Waals surface area (Å²) in [6.45, 7) is -0.131. The molecule has 0 spiro atoms. The standard InChI is InChI=1S/C19H16FNO4/c20-12-6-8-16-11(9-12)5-7-17(25-16)15(22)10-21-18(23)13-3-1-2-4-14(13)19(21)24/h1-4,6,8-9,15,17,22H,5,7,10H2/t15-,17+/m0/s1. The molecule has 2 aliphatic rings. The van der Waals surface area contributed by atoms with Crippen LogP contribution in [0.25, 0.3) is 0 Å². The van der Waals surface area contributed by atoms with Gasteiger partial charge in [0.15, 0.2) is 0 Å². The molecule has 25 heavy (non-hydrogen) atoms. The number of β-amino-alcohol motifs (C(OH)–C–C–N with tert-alkyl or cyclic N) is 1. The highest BCUT2D eigenvalue weighted by molar-refractivity contribution is 6.21. The van der Waals surface area contributed by atoms with Gasteiger partial charge in [-0.3, -0.25) is 14.5 Å². The van der Waals surface area contributed by atoms with Gasteiger partial charge in [0.05, 0.1) is 17.7 Å². The Morgan fingerprint density at radius 2 is 1.84 bits per heavy atom. The van der Waals surface area contributed by atoms with Crippen molar-refractivity contribution in [3.8, 4) is 5.75 Å². The first-order valence-corrected chi connectivity index (χ1v) is 8.13. The molecule has 4 rings (SSSR count). The van der Waals surface area contributed by atoms with Crippen LogP contribution in [0.4, 0.5) is 4.39 Å². The number of halogens is 1. The van der Waals surface area contributed by atoms with Gasteiger partial charge >= 0.3 is 0 Å². The van der Waals surface area contributed by atoms with Crippen LogP contribution >= 0.6 is 0 Å². The van der Waals surface area contributed by atoms with Gasteiger partial charge < -0.3 is 9.84 Å². The number of ether oxygens (including phenoxy) is 1. The molecule has 2 atom stereocenters. The molecule has 0 bridgehead atoms. The molecular weight excluding hydrogens is 325 g/mol. The molecule has 2 amide bonds. The van der Waals surface area contributed by atoms with Crippen LogP contribution in [-0.2, 0) is 6.42 Å². The first-order chi connectivity index (χ1) is 12.0. The molecule has 2 heterocycles. The van der Waals surface area contributed by atoms with Crippen LogP contribution in [-0.4, -0.2) is 40.6 Å². The summed E-state index contributed by atoms with van der Waals surface area (Å²) >= 11 is 0. The van der Waals surface area contributed by atoms with Gasteiger partial charge in [-0.2, -0.15) is 0 Å². The first kappa shape index (κ1) is 15.8. The monoisotopic (exact) mass is 341 g/mol. The van der Waals surface area contributed by atoms with Gasteiger partial charge in [0, 0.05) is 0 Å². The van der Waals surface area contributed by atoms with E-state index in [1.165, 1.54) is 18.2 Å². The molecule has 0 aromatic heterocycles. The van der Waals surface area contributed by atoms with Crippen LogP contribution in [0.1, 0.15) is 32.7 Å². The maximum atomic E-state index is 13.3. The number of benzene rings is 2. The van der Waals surface area contributed by atoms with E-state index in [1.54, 1.807) is 24.3 Å². The average molecular weight is 341 g/mol. The van der Waals surface area contributed by atoms with Crippen molar-refractivity contribution in [2.24, 2.45) is 0 Å². The minimum Gasteiger partial charge on any atom is -0.487 e. The summed E-state index contributed by atoms with van der Waals surface area (Å²) in [4.78, 5) is 25.8. The zero-order valence-electron chi connectivity index (χ0n) is 13.3. The Bertz CT molecular complexity index is 831. The van der Waals surface area contributed by atoms with Gasteiger partial charge in [0.1, 0.15) is 23.8 Å². The number of imide groups is 1. The zero-order chi connectivity index (χ0) is 17.6. The lowest BCUT2D eigenvalue weighted by atomic mass is 9.98. The smallest absolute Gasteiger partial charge is 0.261 e. The Balaban J connectivity index is 1.48. The molecule has 1 N–H and O–H groups in total. The number of carbonyl (C=O) groups is 2. The summed E-state index contributed by atoms with van der Waals surface area (Å²) < 4.78 is 19.0. The number of amides is 2. The highest BCUT2D eigenvalue weighted by atomic mass is 19.1. The van der Waals surface area contributed by atoms with Gasteiger partial charge in [0.25, 0.3) is 11.8 Å². The highest BCUT2D eigenvalue weighted by Gasteiger charge is 2.38. The third-order valence-corrected chi connectivity index (χ3v) is 4.68. The van der Waals surface area contributed by atoms with E-state index in [-0.39, 0.29) is 12.4 Å². The molecule has 0 saturated heterocycles. The van der Waals surface area contributed by atoms with E-state index in [1.807, 2.05) is 0 Å². The minimum atomic E-state index is -1.01. The number of aliphatic hydroxyl groups excluding tert-OH is 1. The quantitative estimate of drug-likeness (QED) is 0.869. The lowest BCUT2D eigenvalue weighted by Gasteiger charge is -2.31. The maximum absolute atomic E-state index is 13.3. The van der Waals surface area contributed by atoms with Gasteiger partial charge in [0.2, 0.25) is 0 Å². The molecule has 5 nitrogen and oxygen atoms in total. The molecule has 0 radical (unpaired) electrons.